The van der Waals surface area contributed by atoms with Crippen LogP contribution in [0, 0.1) is 13.8 Å². The predicted octanol–water partition coefficient (Wildman–Crippen LogP) is 8.13. The van der Waals surface area contributed by atoms with E-state index in [1.807, 2.05) is 12.1 Å². The van der Waals surface area contributed by atoms with Crippen molar-refractivity contribution in [1.82, 2.24) is 14.5 Å². The molecular weight excluding hydrogens is 482 g/mol. The van der Waals surface area contributed by atoms with Gasteiger partial charge in [-0.05, 0) is 56.5 Å². The first-order valence-electron chi connectivity index (χ1n) is 14.2. The van der Waals surface area contributed by atoms with Crippen LogP contribution >= 0.6 is 0 Å². The molecule has 39 heavy (non-hydrogen) atoms. The summed E-state index contributed by atoms with van der Waals surface area (Å²) in [5.41, 5.74) is 8.51. The Bertz CT molecular complexity index is 1370. The van der Waals surface area contributed by atoms with E-state index in [4.69, 9.17) is 4.98 Å². The largest absolute Gasteiger partial charge is 0.478 e. The van der Waals surface area contributed by atoms with Crippen LogP contribution < -0.4 is 0 Å². The quantitative estimate of drug-likeness (QED) is 0.192. The third-order valence-electron chi connectivity index (χ3n) is 7.33. The number of hydrogen-bond acceptors (Lipinski definition) is 3. The average Bonchev–Trinajstić information content (AvgIpc) is 3.28. The highest BCUT2D eigenvalue weighted by molar-refractivity contribution is 5.87. The van der Waals surface area contributed by atoms with Crippen molar-refractivity contribution in [3.63, 3.8) is 0 Å². The minimum absolute atomic E-state index is 0.320. The van der Waals surface area contributed by atoms with E-state index in [9.17, 15) is 9.90 Å². The first-order valence-corrected chi connectivity index (χ1v) is 14.2. The zero-order valence-corrected chi connectivity index (χ0v) is 23.8. The fourth-order valence-electron chi connectivity index (χ4n) is 4.99. The molecule has 0 saturated heterocycles. The first kappa shape index (κ1) is 28.3. The van der Waals surface area contributed by atoms with E-state index in [2.05, 4.69) is 85.7 Å². The minimum atomic E-state index is -0.893. The van der Waals surface area contributed by atoms with Crippen molar-refractivity contribution in [3.8, 4) is 22.6 Å². The summed E-state index contributed by atoms with van der Waals surface area (Å²) in [6, 6.07) is 24.5. The van der Waals surface area contributed by atoms with Gasteiger partial charge in [0.15, 0.2) is 0 Å². The average molecular weight is 524 g/mol. The maximum Gasteiger partial charge on any atom is 0.335 e. The van der Waals surface area contributed by atoms with Gasteiger partial charge in [0, 0.05) is 30.8 Å². The summed E-state index contributed by atoms with van der Waals surface area (Å²) in [7, 11) is 0. The lowest BCUT2D eigenvalue weighted by Gasteiger charge is -2.24. The molecule has 0 saturated carbocycles. The highest BCUT2D eigenvalue weighted by Crippen LogP contribution is 2.33. The fraction of sp³-hybridized carbons (Fsp3) is 0.353. The Labute approximate surface area is 233 Å². The summed E-state index contributed by atoms with van der Waals surface area (Å²) in [6.07, 6.45) is 4.41. The molecule has 0 fully saturated rings. The zero-order chi connectivity index (χ0) is 27.8. The summed E-state index contributed by atoms with van der Waals surface area (Å²) in [5.74, 6) is 0.143. The molecule has 0 spiro atoms. The van der Waals surface area contributed by atoms with Crippen molar-refractivity contribution in [1.29, 1.82) is 0 Å². The molecule has 3 aromatic carbocycles. The number of aromatic carboxylic acids is 1. The molecule has 0 bridgehead atoms. The van der Waals surface area contributed by atoms with Gasteiger partial charge < -0.3 is 9.67 Å². The lowest BCUT2D eigenvalue weighted by molar-refractivity contribution is 0.0697. The van der Waals surface area contributed by atoms with E-state index in [-0.39, 0.29) is 0 Å². The highest BCUT2D eigenvalue weighted by Gasteiger charge is 2.22. The van der Waals surface area contributed by atoms with Gasteiger partial charge in [0.1, 0.15) is 5.82 Å². The van der Waals surface area contributed by atoms with Crippen LogP contribution in [0.2, 0.25) is 0 Å². The Balaban J connectivity index is 1.80. The lowest BCUT2D eigenvalue weighted by atomic mass is 10.1. The smallest absolute Gasteiger partial charge is 0.335 e. The Hall–Kier alpha value is -3.70. The summed E-state index contributed by atoms with van der Waals surface area (Å²) >= 11 is 0. The number of hydrogen-bond donors (Lipinski definition) is 1. The van der Waals surface area contributed by atoms with Crippen LogP contribution in [0.1, 0.15) is 72.3 Å². The normalized spacial score (nSPS) is 11.3. The second-order valence-electron chi connectivity index (χ2n) is 10.5. The van der Waals surface area contributed by atoms with Gasteiger partial charge in [-0.2, -0.15) is 0 Å². The first-order chi connectivity index (χ1) is 18.9. The van der Waals surface area contributed by atoms with E-state index in [1.54, 1.807) is 12.1 Å². The fourth-order valence-corrected chi connectivity index (χ4v) is 4.99. The summed E-state index contributed by atoms with van der Waals surface area (Å²) < 4.78 is 2.45. The molecule has 0 radical (unpaired) electrons. The molecule has 1 heterocycles. The molecule has 5 heteroatoms. The van der Waals surface area contributed by atoms with Gasteiger partial charge in [-0.1, -0.05) is 92.9 Å². The van der Waals surface area contributed by atoms with Crippen molar-refractivity contribution < 1.29 is 9.90 Å². The predicted molar refractivity (Wildman–Crippen MR) is 160 cm³/mol. The number of carbonyl (C=O) groups is 1. The molecule has 0 aliphatic heterocycles. The van der Waals surface area contributed by atoms with Crippen LogP contribution in [-0.4, -0.2) is 32.1 Å². The lowest BCUT2D eigenvalue weighted by Crippen LogP contribution is -2.26. The molecule has 0 atom stereocenters. The zero-order valence-electron chi connectivity index (χ0n) is 23.8. The van der Waals surface area contributed by atoms with Crippen molar-refractivity contribution in [3.05, 3.63) is 101 Å². The second kappa shape index (κ2) is 13.4. The van der Waals surface area contributed by atoms with Crippen LogP contribution in [0.5, 0.6) is 0 Å². The summed E-state index contributed by atoms with van der Waals surface area (Å²) in [6.45, 7) is 12.1. The number of nitrogens with zero attached hydrogens (tertiary/aromatic N) is 3. The van der Waals surface area contributed by atoms with E-state index in [0.717, 1.165) is 74.5 Å². The van der Waals surface area contributed by atoms with Crippen LogP contribution in [0.25, 0.3) is 22.6 Å². The molecule has 0 unspecified atom stereocenters. The molecule has 4 rings (SSSR count). The third-order valence-corrected chi connectivity index (χ3v) is 7.33. The Morgan fingerprint density at radius 2 is 1.56 bits per heavy atom. The van der Waals surface area contributed by atoms with Gasteiger partial charge in [-0.15, -0.1) is 0 Å². The molecule has 0 aliphatic rings. The van der Waals surface area contributed by atoms with Gasteiger partial charge in [-0.3, -0.25) is 4.90 Å². The van der Waals surface area contributed by atoms with E-state index in [1.165, 1.54) is 22.4 Å². The number of aryl methyl sites for hydroxylation is 2. The molecule has 5 nitrogen and oxygen atoms in total. The maximum atomic E-state index is 11.4. The molecule has 1 aromatic heterocycles. The van der Waals surface area contributed by atoms with Crippen molar-refractivity contribution in [2.24, 2.45) is 0 Å². The van der Waals surface area contributed by atoms with Crippen LogP contribution in [-0.2, 0) is 19.6 Å². The van der Waals surface area contributed by atoms with Crippen molar-refractivity contribution in [2.45, 2.75) is 73.0 Å². The molecule has 0 aliphatic carbocycles. The van der Waals surface area contributed by atoms with Gasteiger partial charge in [0.2, 0.25) is 0 Å². The van der Waals surface area contributed by atoms with Crippen molar-refractivity contribution in [2.75, 3.05) is 6.54 Å². The van der Waals surface area contributed by atoms with Crippen LogP contribution in [0.4, 0.5) is 0 Å². The number of benzene rings is 3. The van der Waals surface area contributed by atoms with Crippen molar-refractivity contribution >= 4 is 5.97 Å². The molecule has 204 valence electrons. The topological polar surface area (TPSA) is 58.4 Å². The Kier molecular flexibility index (Phi) is 9.72. The number of imidazole rings is 1. The molecule has 4 aromatic rings. The second-order valence-corrected chi connectivity index (χ2v) is 10.5. The molecule has 0 amide bonds. The van der Waals surface area contributed by atoms with Crippen LogP contribution in [0.15, 0.2) is 72.8 Å². The van der Waals surface area contributed by atoms with E-state index >= 15 is 0 Å². The number of carboxylic acid groups (broad SMARTS) is 1. The number of carboxylic acids is 1. The number of unbranched alkanes of at least 4 members (excludes halogenated alkanes) is 2. The maximum absolute atomic E-state index is 11.4. The summed E-state index contributed by atoms with van der Waals surface area (Å²) in [4.78, 5) is 19.2. The summed E-state index contributed by atoms with van der Waals surface area (Å²) in [5, 5.41) is 9.32. The molecular formula is C34H41N3O2. The van der Waals surface area contributed by atoms with Gasteiger partial charge in [0.05, 0.1) is 17.0 Å². The number of rotatable bonds is 13. The number of aromatic nitrogens is 2. The minimum Gasteiger partial charge on any atom is -0.478 e. The Morgan fingerprint density at radius 3 is 2.21 bits per heavy atom. The van der Waals surface area contributed by atoms with Gasteiger partial charge in [-0.25, -0.2) is 9.78 Å². The third kappa shape index (κ3) is 7.04. The van der Waals surface area contributed by atoms with Gasteiger partial charge in [0.25, 0.3) is 0 Å². The standard InChI is InChI=1S/C34H41N3O2/c1-5-7-21-36(23-27-15-19-29(20-16-27)34(38)39)24-31-32(28-17-13-25(3)14-18-28)35-33(37(31)22-8-6-2)30-12-10-9-11-26(30)4/h9-20H,5-8,21-24H2,1-4H3,(H,38,39). The van der Waals surface area contributed by atoms with Gasteiger partial charge >= 0.3 is 5.97 Å². The Morgan fingerprint density at radius 1 is 0.872 bits per heavy atom. The highest BCUT2D eigenvalue weighted by atomic mass is 16.4. The van der Waals surface area contributed by atoms with Crippen LogP contribution in [0.3, 0.4) is 0 Å². The monoisotopic (exact) mass is 523 g/mol. The molecule has 1 N–H and O–H groups in total. The SMILES string of the molecule is CCCCN(Cc1ccc(C(=O)O)cc1)Cc1c(-c2ccc(C)cc2)nc(-c2ccccc2C)n1CCCC. The van der Waals surface area contributed by atoms with E-state index < -0.39 is 5.97 Å². The van der Waals surface area contributed by atoms with E-state index in [0.29, 0.717) is 5.56 Å².